The van der Waals surface area contributed by atoms with E-state index in [1.54, 1.807) is 0 Å². The molecule has 2 unspecified atom stereocenters. The van der Waals surface area contributed by atoms with E-state index >= 15 is 0 Å². The van der Waals surface area contributed by atoms with Gasteiger partial charge in [0.1, 0.15) is 0 Å². The zero-order valence-corrected chi connectivity index (χ0v) is 11.3. The van der Waals surface area contributed by atoms with Crippen LogP contribution in [0.4, 0.5) is 8.78 Å². The summed E-state index contributed by atoms with van der Waals surface area (Å²) in [5, 5.41) is 0. The van der Waals surface area contributed by atoms with Crippen LogP contribution in [0.3, 0.4) is 0 Å². The monoisotopic (exact) mass is 247 g/mol. The smallest absolute Gasteiger partial charge is 0.248 e. The Hall–Kier alpha value is -0.180. The molecule has 0 aromatic rings. The van der Waals surface area contributed by atoms with Gasteiger partial charge >= 0.3 is 0 Å². The van der Waals surface area contributed by atoms with E-state index in [0.717, 1.165) is 38.5 Å². The maximum Gasteiger partial charge on any atom is 0.248 e. The van der Waals surface area contributed by atoms with E-state index in [1.807, 2.05) is 0 Å². The normalized spacial score (nSPS) is 27.7. The summed E-state index contributed by atoms with van der Waals surface area (Å²) >= 11 is 0. The molecule has 17 heavy (non-hydrogen) atoms. The van der Waals surface area contributed by atoms with Crippen molar-refractivity contribution in [2.45, 2.75) is 83.1 Å². The molecule has 1 saturated carbocycles. The first-order valence-electron chi connectivity index (χ1n) is 7.07. The number of alkyl halides is 2. The van der Waals surface area contributed by atoms with Gasteiger partial charge in [-0.05, 0) is 38.0 Å². The molecule has 1 rings (SSSR count). The van der Waals surface area contributed by atoms with Crippen LogP contribution >= 0.6 is 0 Å². The van der Waals surface area contributed by atoms with Crippen LogP contribution in [0.1, 0.15) is 71.6 Å². The van der Waals surface area contributed by atoms with Gasteiger partial charge in [-0.3, -0.25) is 0 Å². The summed E-state index contributed by atoms with van der Waals surface area (Å²) in [5.74, 6) is -2.32. The number of rotatable bonds is 6. The average molecular weight is 247 g/mol. The van der Waals surface area contributed by atoms with Crippen LogP contribution in [0.5, 0.6) is 0 Å². The molecule has 2 atom stereocenters. The van der Waals surface area contributed by atoms with Crippen molar-refractivity contribution in [2.75, 3.05) is 0 Å². The first kappa shape index (κ1) is 14.9. The second kappa shape index (κ2) is 6.12. The lowest BCUT2D eigenvalue weighted by Crippen LogP contribution is -2.42. The first-order valence-corrected chi connectivity index (χ1v) is 7.07. The van der Waals surface area contributed by atoms with Gasteiger partial charge in [-0.25, -0.2) is 8.78 Å². The third kappa shape index (κ3) is 4.90. The van der Waals surface area contributed by atoms with Crippen molar-refractivity contribution < 1.29 is 8.78 Å². The van der Waals surface area contributed by atoms with E-state index in [2.05, 4.69) is 13.8 Å². The lowest BCUT2D eigenvalue weighted by atomic mass is 9.75. The minimum absolute atomic E-state index is 0.0536. The van der Waals surface area contributed by atoms with Crippen molar-refractivity contribution >= 4 is 0 Å². The molecule has 1 nitrogen and oxygen atoms in total. The van der Waals surface area contributed by atoms with E-state index in [4.69, 9.17) is 5.73 Å². The summed E-state index contributed by atoms with van der Waals surface area (Å²) in [4.78, 5) is 0. The Balaban J connectivity index is 2.49. The van der Waals surface area contributed by atoms with Crippen LogP contribution in [0.15, 0.2) is 0 Å². The van der Waals surface area contributed by atoms with Gasteiger partial charge in [-0.15, -0.1) is 0 Å². The fourth-order valence-corrected chi connectivity index (χ4v) is 2.98. The molecule has 0 saturated heterocycles. The maximum atomic E-state index is 13.3. The number of nitrogens with two attached hydrogens (primary N) is 1. The SMILES string of the molecule is CCCCC(N)(CC)CC1CCCC(F)(F)C1. The predicted octanol–water partition coefficient (Wildman–Crippen LogP) is 4.50. The number of halogens is 2. The Morgan fingerprint density at radius 3 is 2.59 bits per heavy atom. The Morgan fingerprint density at radius 2 is 2.06 bits per heavy atom. The van der Waals surface area contributed by atoms with Crippen LogP contribution in [-0.2, 0) is 0 Å². The number of hydrogen-bond acceptors (Lipinski definition) is 1. The molecule has 0 amide bonds. The van der Waals surface area contributed by atoms with Gasteiger partial charge in [0, 0.05) is 18.4 Å². The van der Waals surface area contributed by atoms with Gasteiger partial charge in [0.25, 0.3) is 0 Å². The highest BCUT2D eigenvalue weighted by molar-refractivity contribution is 4.89. The topological polar surface area (TPSA) is 26.0 Å². The molecule has 0 spiro atoms. The second-order valence-electron chi connectivity index (χ2n) is 5.84. The average Bonchev–Trinajstić information content (AvgIpc) is 2.25. The van der Waals surface area contributed by atoms with Crippen molar-refractivity contribution in [3.05, 3.63) is 0 Å². The van der Waals surface area contributed by atoms with Gasteiger partial charge in [-0.1, -0.05) is 26.7 Å². The summed E-state index contributed by atoms with van der Waals surface area (Å²) in [6, 6.07) is 0. The van der Waals surface area contributed by atoms with Crippen LogP contribution < -0.4 is 5.73 Å². The molecule has 0 aromatic heterocycles. The standard InChI is InChI=1S/C14H27F2N/c1-3-5-8-13(17,4-2)10-12-7-6-9-14(15,16)11-12/h12H,3-11,17H2,1-2H3. The van der Waals surface area contributed by atoms with E-state index in [1.165, 1.54) is 0 Å². The lowest BCUT2D eigenvalue weighted by Gasteiger charge is -2.36. The molecular formula is C14H27F2N. The zero-order chi connectivity index (χ0) is 12.9. The highest BCUT2D eigenvalue weighted by Gasteiger charge is 2.38. The van der Waals surface area contributed by atoms with Gasteiger partial charge in [0.15, 0.2) is 0 Å². The van der Waals surface area contributed by atoms with Crippen molar-refractivity contribution in [1.29, 1.82) is 0 Å². The Morgan fingerprint density at radius 1 is 1.35 bits per heavy atom. The van der Waals surface area contributed by atoms with Crippen LogP contribution in [0.25, 0.3) is 0 Å². The minimum Gasteiger partial charge on any atom is -0.325 e. The summed E-state index contributed by atoms with van der Waals surface area (Å²) < 4.78 is 26.7. The van der Waals surface area contributed by atoms with Crippen LogP contribution in [-0.4, -0.2) is 11.5 Å². The summed E-state index contributed by atoms with van der Waals surface area (Å²) in [7, 11) is 0. The van der Waals surface area contributed by atoms with E-state index in [-0.39, 0.29) is 24.3 Å². The predicted molar refractivity (Wildman–Crippen MR) is 68.3 cm³/mol. The molecule has 1 aliphatic carbocycles. The molecule has 0 radical (unpaired) electrons. The number of hydrogen-bond donors (Lipinski definition) is 1. The Labute approximate surface area is 104 Å². The van der Waals surface area contributed by atoms with Crippen molar-refractivity contribution in [2.24, 2.45) is 11.7 Å². The van der Waals surface area contributed by atoms with E-state index in [9.17, 15) is 8.78 Å². The summed E-state index contributed by atoms with van der Waals surface area (Å²) in [6.07, 6.45) is 6.59. The summed E-state index contributed by atoms with van der Waals surface area (Å²) in [5.41, 5.74) is 6.14. The minimum atomic E-state index is -2.44. The maximum absolute atomic E-state index is 13.3. The van der Waals surface area contributed by atoms with Crippen molar-refractivity contribution in [1.82, 2.24) is 0 Å². The van der Waals surface area contributed by atoms with E-state index in [0.29, 0.717) is 6.42 Å². The molecular weight excluding hydrogens is 220 g/mol. The molecule has 3 heteroatoms. The molecule has 0 heterocycles. The van der Waals surface area contributed by atoms with Crippen LogP contribution in [0, 0.1) is 5.92 Å². The highest BCUT2D eigenvalue weighted by Crippen LogP contribution is 2.40. The van der Waals surface area contributed by atoms with Crippen LogP contribution in [0.2, 0.25) is 0 Å². The van der Waals surface area contributed by atoms with Gasteiger partial charge in [0.05, 0.1) is 0 Å². The molecule has 1 aliphatic rings. The molecule has 2 N–H and O–H groups in total. The Bertz CT molecular complexity index is 230. The van der Waals surface area contributed by atoms with Gasteiger partial charge in [0.2, 0.25) is 5.92 Å². The van der Waals surface area contributed by atoms with Crippen molar-refractivity contribution in [3.8, 4) is 0 Å². The molecule has 0 bridgehead atoms. The molecule has 1 fully saturated rings. The third-order valence-electron chi connectivity index (χ3n) is 4.17. The fourth-order valence-electron chi connectivity index (χ4n) is 2.98. The third-order valence-corrected chi connectivity index (χ3v) is 4.17. The fraction of sp³-hybridized carbons (Fsp3) is 1.00. The lowest BCUT2D eigenvalue weighted by molar-refractivity contribution is -0.0567. The summed E-state index contributed by atoms with van der Waals surface area (Å²) in [6.45, 7) is 4.22. The largest absolute Gasteiger partial charge is 0.325 e. The molecule has 0 aromatic carbocycles. The van der Waals surface area contributed by atoms with E-state index < -0.39 is 5.92 Å². The van der Waals surface area contributed by atoms with Gasteiger partial charge in [-0.2, -0.15) is 0 Å². The zero-order valence-electron chi connectivity index (χ0n) is 11.3. The quantitative estimate of drug-likeness (QED) is 0.734. The Kier molecular flexibility index (Phi) is 5.36. The van der Waals surface area contributed by atoms with Crippen molar-refractivity contribution in [3.63, 3.8) is 0 Å². The second-order valence-corrected chi connectivity index (χ2v) is 5.84. The van der Waals surface area contributed by atoms with Gasteiger partial charge < -0.3 is 5.73 Å². The molecule has 102 valence electrons. The highest BCUT2D eigenvalue weighted by atomic mass is 19.3. The number of unbranched alkanes of at least 4 members (excludes halogenated alkanes) is 1. The molecule has 0 aliphatic heterocycles. The first-order chi connectivity index (χ1) is 7.91.